The molecule has 6 N–H and O–H groups in total. The van der Waals surface area contributed by atoms with Gasteiger partial charge in [-0.3, -0.25) is 25.2 Å². The molecule has 2 aromatic rings. The smallest absolute Gasteiger partial charge is 0.312 e. The number of sulfonamides is 1. The van der Waals surface area contributed by atoms with Crippen LogP contribution in [0, 0.1) is 5.92 Å². The van der Waals surface area contributed by atoms with Crippen LogP contribution in [0.5, 0.6) is 5.75 Å². The topological polar surface area (TPSA) is 169 Å². The van der Waals surface area contributed by atoms with Gasteiger partial charge in [-0.15, -0.1) is 0 Å². The third-order valence-corrected chi connectivity index (χ3v) is 5.67. The lowest BCUT2D eigenvalue weighted by molar-refractivity contribution is -0.124. The van der Waals surface area contributed by atoms with Crippen molar-refractivity contribution in [3.05, 3.63) is 54.1 Å². The number of para-hydroxylation sites is 2. The molecule has 11 nitrogen and oxygen atoms in total. The third-order valence-electron chi connectivity index (χ3n) is 4.30. The van der Waals surface area contributed by atoms with Gasteiger partial charge in [-0.1, -0.05) is 32.0 Å². The van der Waals surface area contributed by atoms with E-state index in [1.54, 1.807) is 32.0 Å². The molecule has 0 unspecified atom stereocenters. The first-order chi connectivity index (χ1) is 15.0. The number of anilines is 1. The van der Waals surface area contributed by atoms with Gasteiger partial charge in [-0.2, -0.15) is 0 Å². The van der Waals surface area contributed by atoms with Gasteiger partial charge in [0.25, 0.3) is 21.8 Å². The van der Waals surface area contributed by atoms with Crippen molar-refractivity contribution < 1.29 is 27.5 Å². The van der Waals surface area contributed by atoms with Crippen LogP contribution in [0.3, 0.4) is 0 Å². The van der Waals surface area contributed by atoms with Gasteiger partial charge in [0.05, 0.1) is 17.7 Å². The van der Waals surface area contributed by atoms with Crippen molar-refractivity contribution in [3.8, 4) is 5.75 Å². The minimum atomic E-state index is -4.03. The number of hydrogen-bond donors (Lipinski definition) is 5. The van der Waals surface area contributed by atoms with Gasteiger partial charge in [-0.05, 0) is 36.2 Å². The molecule has 1 atom stereocenters. The van der Waals surface area contributed by atoms with E-state index in [9.17, 15) is 22.8 Å². The number of nitrogens with two attached hydrogens (primary N) is 1. The van der Waals surface area contributed by atoms with Crippen LogP contribution in [0.4, 0.5) is 10.5 Å². The molecule has 4 amide bonds. The molecule has 0 heterocycles. The van der Waals surface area contributed by atoms with Gasteiger partial charge in [0, 0.05) is 5.56 Å². The largest absolute Gasteiger partial charge is 0.495 e. The molecule has 0 bridgehead atoms. The second-order valence-electron chi connectivity index (χ2n) is 7.01. The second kappa shape index (κ2) is 10.5. The first kappa shape index (κ1) is 24.5. The number of urea groups is 1. The molecule has 12 heteroatoms. The molecule has 2 aromatic carbocycles. The van der Waals surface area contributed by atoms with Gasteiger partial charge < -0.3 is 15.8 Å². The zero-order chi connectivity index (χ0) is 23.9. The van der Waals surface area contributed by atoms with Crippen LogP contribution in [-0.4, -0.2) is 39.4 Å². The Kier molecular flexibility index (Phi) is 8.02. The Morgan fingerprint density at radius 2 is 1.69 bits per heavy atom. The lowest BCUT2D eigenvalue weighted by Gasteiger charge is -2.20. The monoisotopic (exact) mass is 463 g/mol. The van der Waals surface area contributed by atoms with Gasteiger partial charge >= 0.3 is 6.03 Å². The lowest BCUT2D eigenvalue weighted by atomic mass is 10.0. The highest BCUT2D eigenvalue weighted by Gasteiger charge is 2.24. The Morgan fingerprint density at radius 1 is 1.00 bits per heavy atom. The normalized spacial score (nSPS) is 11.9. The van der Waals surface area contributed by atoms with E-state index in [2.05, 4.69) is 20.9 Å². The zero-order valence-electron chi connectivity index (χ0n) is 17.7. The first-order valence-corrected chi connectivity index (χ1v) is 11.0. The van der Waals surface area contributed by atoms with Crippen molar-refractivity contribution in [2.75, 3.05) is 11.8 Å². The summed E-state index contributed by atoms with van der Waals surface area (Å²) in [5.74, 6) is -1.41. The van der Waals surface area contributed by atoms with Crippen molar-refractivity contribution >= 4 is 33.6 Å². The SMILES string of the molecule is COc1ccccc1NS(=O)(=O)c1cccc(C(=O)NNC(=O)[C@@H](NC(N)=O)C(C)C)c1. The number of methoxy groups -OCH3 is 1. The number of carbonyl (C=O) groups excluding carboxylic acids is 3. The standard InChI is InChI=1S/C20H25N5O6S/c1-12(2)17(22-20(21)28)19(27)24-23-18(26)13-7-6-8-14(11-13)32(29,30)25-15-9-4-5-10-16(15)31-3/h4-12,17,25H,1-3H3,(H,23,26)(H,24,27)(H3,21,22,28)/t17-/m0/s1. The van der Waals surface area contributed by atoms with Crippen molar-refractivity contribution in [2.24, 2.45) is 11.7 Å². The molecule has 0 aliphatic rings. The van der Waals surface area contributed by atoms with Crippen LogP contribution in [0.1, 0.15) is 24.2 Å². The molecule has 0 saturated heterocycles. The van der Waals surface area contributed by atoms with Gasteiger partial charge in [0.1, 0.15) is 11.8 Å². The number of hydrogen-bond acceptors (Lipinski definition) is 6. The summed E-state index contributed by atoms with van der Waals surface area (Å²) >= 11 is 0. The van der Waals surface area contributed by atoms with Crippen molar-refractivity contribution in [1.29, 1.82) is 0 Å². The molecular formula is C20H25N5O6S. The maximum absolute atomic E-state index is 12.8. The number of benzene rings is 2. The molecule has 0 fully saturated rings. The average molecular weight is 464 g/mol. The maximum atomic E-state index is 12.8. The van der Waals surface area contributed by atoms with Crippen LogP contribution in [0.15, 0.2) is 53.4 Å². The summed E-state index contributed by atoms with van der Waals surface area (Å²) in [7, 11) is -2.62. The average Bonchev–Trinajstić information content (AvgIpc) is 2.75. The molecular weight excluding hydrogens is 438 g/mol. The molecule has 0 radical (unpaired) electrons. The van der Waals surface area contributed by atoms with E-state index in [1.165, 1.54) is 31.4 Å². The molecule has 0 aliphatic heterocycles. The highest BCUT2D eigenvalue weighted by Crippen LogP contribution is 2.26. The Balaban J connectivity index is 2.13. The first-order valence-electron chi connectivity index (χ1n) is 9.47. The quantitative estimate of drug-likeness (QED) is 0.365. The number of carbonyl (C=O) groups is 3. The summed E-state index contributed by atoms with van der Waals surface area (Å²) < 4.78 is 33.1. The third kappa shape index (κ3) is 6.35. The summed E-state index contributed by atoms with van der Waals surface area (Å²) in [5, 5.41) is 2.28. The maximum Gasteiger partial charge on any atom is 0.312 e. The van der Waals surface area contributed by atoms with E-state index in [4.69, 9.17) is 10.5 Å². The Labute approximate surface area is 185 Å². The Hall–Kier alpha value is -3.80. The predicted molar refractivity (Wildman–Crippen MR) is 117 cm³/mol. The van der Waals surface area contributed by atoms with E-state index in [-0.39, 0.29) is 22.1 Å². The van der Waals surface area contributed by atoms with Crippen molar-refractivity contribution in [3.63, 3.8) is 0 Å². The number of amides is 4. The minimum Gasteiger partial charge on any atom is -0.495 e. The summed E-state index contributed by atoms with van der Waals surface area (Å²) in [6.45, 7) is 3.37. The van der Waals surface area contributed by atoms with Crippen LogP contribution >= 0.6 is 0 Å². The van der Waals surface area contributed by atoms with E-state index in [1.807, 2.05) is 0 Å². The number of ether oxygens (including phenoxy) is 1. The van der Waals surface area contributed by atoms with E-state index >= 15 is 0 Å². The van der Waals surface area contributed by atoms with Crippen LogP contribution < -0.4 is 31.4 Å². The highest BCUT2D eigenvalue weighted by molar-refractivity contribution is 7.92. The minimum absolute atomic E-state index is 0.0165. The number of rotatable bonds is 8. The van der Waals surface area contributed by atoms with E-state index < -0.39 is 33.9 Å². The predicted octanol–water partition coefficient (Wildman–Crippen LogP) is 0.950. The molecule has 0 spiro atoms. The van der Waals surface area contributed by atoms with Gasteiger partial charge in [-0.25, -0.2) is 13.2 Å². The number of hydrazine groups is 1. The molecule has 172 valence electrons. The summed E-state index contributed by atoms with van der Waals surface area (Å²) in [6.07, 6.45) is 0. The molecule has 32 heavy (non-hydrogen) atoms. The van der Waals surface area contributed by atoms with Crippen LogP contribution in [-0.2, 0) is 14.8 Å². The van der Waals surface area contributed by atoms with Gasteiger partial charge in [0.15, 0.2) is 0 Å². The second-order valence-corrected chi connectivity index (χ2v) is 8.69. The van der Waals surface area contributed by atoms with E-state index in [0.717, 1.165) is 6.07 Å². The zero-order valence-corrected chi connectivity index (χ0v) is 18.5. The molecule has 0 saturated carbocycles. The fourth-order valence-corrected chi connectivity index (χ4v) is 3.81. The fourth-order valence-electron chi connectivity index (χ4n) is 2.69. The summed E-state index contributed by atoms with van der Waals surface area (Å²) in [4.78, 5) is 35.5. The number of primary amides is 1. The number of nitrogens with one attached hydrogen (secondary N) is 4. The highest BCUT2D eigenvalue weighted by atomic mass is 32.2. The van der Waals surface area contributed by atoms with Gasteiger partial charge in [0.2, 0.25) is 0 Å². The lowest BCUT2D eigenvalue weighted by Crippen LogP contribution is -2.55. The molecule has 0 aliphatic carbocycles. The van der Waals surface area contributed by atoms with Crippen molar-refractivity contribution in [2.45, 2.75) is 24.8 Å². The molecule has 2 rings (SSSR count). The Bertz CT molecular complexity index is 1100. The Morgan fingerprint density at radius 3 is 2.31 bits per heavy atom. The van der Waals surface area contributed by atoms with Crippen LogP contribution in [0.25, 0.3) is 0 Å². The summed E-state index contributed by atoms with van der Waals surface area (Å²) in [6, 6.07) is 9.86. The van der Waals surface area contributed by atoms with Crippen LogP contribution in [0.2, 0.25) is 0 Å². The summed E-state index contributed by atoms with van der Waals surface area (Å²) in [5.41, 5.74) is 9.66. The fraction of sp³-hybridized carbons (Fsp3) is 0.250. The van der Waals surface area contributed by atoms with Crippen molar-refractivity contribution in [1.82, 2.24) is 16.2 Å². The van der Waals surface area contributed by atoms with E-state index in [0.29, 0.717) is 5.75 Å². The molecule has 0 aromatic heterocycles.